The van der Waals surface area contributed by atoms with Gasteiger partial charge in [0.1, 0.15) is 5.82 Å². The molecule has 0 aliphatic heterocycles. The molecule has 23 heavy (non-hydrogen) atoms. The number of thiophene rings is 1. The molecule has 0 saturated carbocycles. The lowest BCUT2D eigenvalue weighted by molar-refractivity contribution is -0.146. The number of anilines is 2. The van der Waals surface area contributed by atoms with E-state index in [9.17, 15) is 9.90 Å². The summed E-state index contributed by atoms with van der Waals surface area (Å²) in [4.78, 5) is 16.6. The maximum Gasteiger partial charge on any atom is 0.310 e. The van der Waals surface area contributed by atoms with E-state index in [0.717, 1.165) is 26.5 Å². The third kappa shape index (κ3) is 2.98. The quantitative estimate of drug-likeness (QED) is 0.571. The SMILES string of the molecule is CC(C)(CNc1cc(N)nc2cc(-c3ccn[nH]3)sc12)C(=O)O. The minimum absolute atomic E-state index is 0.290. The number of fused-ring (bicyclic) bond motifs is 1. The molecule has 3 rings (SSSR count). The third-order valence-corrected chi connectivity index (χ3v) is 4.76. The van der Waals surface area contributed by atoms with Gasteiger partial charge < -0.3 is 16.2 Å². The molecule has 3 aromatic rings. The van der Waals surface area contributed by atoms with Crippen LogP contribution in [-0.2, 0) is 4.79 Å². The Morgan fingerprint density at radius 1 is 1.48 bits per heavy atom. The monoisotopic (exact) mass is 331 g/mol. The number of H-pyrrole nitrogens is 1. The Balaban J connectivity index is 1.98. The van der Waals surface area contributed by atoms with Crippen molar-refractivity contribution in [3.8, 4) is 10.6 Å². The van der Waals surface area contributed by atoms with Crippen molar-refractivity contribution < 1.29 is 9.90 Å². The summed E-state index contributed by atoms with van der Waals surface area (Å²) in [5.74, 6) is -0.463. The smallest absolute Gasteiger partial charge is 0.310 e. The zero-order chi connectivity index (χ0) is 16.6. The van der Waals surface area contributed by atoms with Crippen molar-refractivity contribution in [3.63, 3.8) is 0 Å². The standard InChI is InChI=1S/C15H17N5O2S/c1-15(2,14(21)22)7-17-9-6-12(16)19-10-5-11(23-13(9)10)8-3-4-18-20-8/h3-6H,7H2,1-2H3,(H,18,20)(H,21,22)(H3,16,17,19). The Morgan fingerprint density at radius 3 is 2.91 bits per heavy atom. The van der Waals surface area contributed by atoms with Gasteiger partial charge in [-0.05, 0) is 26.0 Å². The number of nitrogens with zero attached hydrogens (tertiary/aromatic N) is 2. The summed E-state index contributed by atoms with van der Waals surface area (Å²) >= 11 is 1.55. The van der Waals surface area contributed by atoms with Gasteiger partial charge in [0.2, 0.25) is 0 Å². The van der Waals surface area contributed by atoms with Crippen LogP contribution in [0.15, 0.2) is 24.4 Å². The van der Waals surface area contributed by atoms with Crippen molar-refractivity contribution in [2.24, 2.45) is 5.41 Å². The number of aromatic nitrogens is 3. The normalized spacial score (nSPS) is 11.7. The highest BCUT2D eigenvalue weighted by Gasteiger charge is 2.27. The summed E-state index contributed by atoms with van der Waals surface area (Å²) in [5.41, 5.74) is 7.46. The van der Waals surface area contributed by atoms with Crippen LogP contribution in [0.5, 0.6) is 0 Å². The lowest BCUT2D eigenvalue weighted by atomic mass is 9.94. The molecule has 0 radical (unpaired) electrons. The molecule has 0 saturated heterocycles. The van der Waals surface area contributed by atoms with Crippen LogP contribution in [0.2, 0.25) is 0 Å². The molecule has 0 atom stereocenters. The molecular weight excluding hydrogens is 314 g/mol. The summed E-state index contributed by atoms with van der Waals surface area (Å²) in [7, 11) is 0. The number of nitrogen functional groups attached to an aromatic ring is 1. The molecule has 0 amide bonds. The van der Waals surface area contributed by atoms with Gasteiger partial charge >= 0.3 is 5.97 Å². The number of hydrogen-bond donors (Lipinski definition) is 4. The number of hydrogen-bond acceptors (Lipinski definition) is 6. The van der Waals surface area contributed by atoms with Gasteiger partial charge in [0.05, 0.1) is 31.9 Å². The highest BCUT2D eigenvalue weighted by atomic mass is 32.1. The summed E-state index contributed by atoms with van der Waals surface area (Å²) < 4.78 is 0.935. The molecule has 120 valence electrons. The van der Waals surface area contributed by atoms with Gasteiger partial charge in [-0.3, -0.25) is 9.89 Å². The van der Waals surface area contributed by atoms with E-state index in [1.165, 1.54) is 0 Å². The summed E-state index contributed by atoms with van der Waals surface area (Å²) in [5, 5.41) is 19.3. The van der Waals surface area contributed by atoms with E-state index in [-0.39, 0.29) is 6.54 Å². The fourth-order valence-corrected chi connectivity index (χ4v) is 3.16. The number of aromatic amines is 1. The molecular formula is C15H17N5O2S. The zero-order valence-corrected chi connectivity index (χ0v) is 13.6. The van der Waals surface area contributed by atoms with Gasteiger partial charge in [-0.2, -0.15) is 5.10 Å². The Morgan fingerprint density at radius 2 is 2.26 bits per heavy atom. The zero-order valence-electron chi connectivity index (χ0n) is 12.8. The average Bonchev–Trinajstić information content (AvgIpc) is 3.12. The lowest BCUT2D eigenvalue weighted by Crippen LogP contribution is -2.31. The summed E-state index contributed by atoms with van der Waals surface area (Å²) in [6.07, 6.45) is 1.69. The second-order valence-corrected chi connectivity index (χ2v) is 6.98. The van der Waals surface area contributed by atoms with E-state index in [0.29, 0.717) is 5.82 Å². The van der Waals surface area contributed by atoms with E-state index in [1.807, 2.05) is 12.1 Å². The molecule has 3 heterocycles. The molecule has 0 spiro atoms. The van der Waals surface area contributed by atoms with Crippen LogP contribution in [0.4, 0.5) is 11.5 Å². The number of pyridine rings is 1. The number of carboxylic acids is 1. The first-order chi connectivity index (χ1) is 10.9. The number of nitrogens with one attached hydrogen (secondary N) is 2. The molecule has 0 aliphatic rings. The van der Waals surface area contributed by atoms with Gasteiger partial charge in [0, 0.05) is 18.8 Å². The second-order valence-electron chi connectivity index (χ2n) is 5.93. The van der Waals surface area contributed by atoms with Crippen LogP contribution in [0.3, 0.4) is 0 Å². The highest BCUT2D eigenvalue weighted by Crippen LogP contribution is 2.37. The van der Waals surface area contributed by atoms with Crippen molar-refractivity contribution in [1.29, 1.82) is 0 Å². The molecule has 8 heteroatoms. The maximum absolute atomic E-state index is 11.2. The maximum atomic E-state index is 11.2. The fourth-order valence-electron chi connectivity index (χ4n) is 2.09. The third-order valence-electron chi connectivity index (χ3n) is 3.56. The van der Waals surface area contributed by atoms with Crippen LogP contribution in [0, 0.1) is 5.41 Å². The largest absolute Gasteiger partial charge is 0.481 e. The first-order valence-electron chi connectivity index (χ1n) is 7.04. The van der Waals surface area contributed by atoms with E-state index >= 15 is 0 Å². The minimum Gasteiger partial charge on any atom is -0.481 e. The van der Waals surface area contributed by atoms with Gasteiger partial charge in [0.25, 0.3) is 0 Å². The molecule has 0 aliphatic carbocycles. The van der Waals surface area contributed by atoms with Crippen molar-refractivity contribution in [2.45, 2.75) is 13.8 Å². The molecule has 0 fully saturated rings. The molecule has 7 nitrogen and oxygen atoms in total. The van der Waals surface area contributed by atoms with Crippen LogP contribution in [-0.4, -0.2) is 32.8 Å². The lowest BCUT2D eigenvalue weighted by Gasteiger charge is -2.20. The predicted octanol–water partition coefficient (Wildman–Crippen LogP) is 2.79. The first-order valence-corrected chi connectivity index (χ1v) is 7.85. The highest BCUT2D eigenvalue weighted by molar-refractivity contribution is 7.22. The molecule has 5 N–H and O–H groups in total. The Bertz CT molecular complexity index is 854. The number of carboxylic acid groups (broad SMARTS) is 1. The van der Waals surface area contributed by atoms with Crippen LogP contribution < -0.4 is 11.1 Å². The van der Waals surface area contributed by atoms with Crippen molar-refractivity contribution >= 4 is 39.0 Å². The van der Waals surface area contributed by atoms with E-state index in [2.05, 4.69) is 20.5 Å². The molecule has 0 unspecified atom stereocenters. The van der Waals surface area contributed by atoms with Gasteiger partial charge in [0.15, 0.2) is 0 Å². The van der Waals surface area contributed by atoms with E-state index < -0.39 is 11.4 Å². The topological polar surface area (TPSA) is 117 Å². The second kappa shape index (κ2) is 5.54. The number of nitrogens with two attached hydrogens (primary N) is 1. The fraction of sp³-hybridized carbons (Fsp3) is 0.267. The Hall–Kier alpha value is -2.61. The first kappa shape index (κ1) is 15.3. The average molecular weight is 331 g/mol. The van der Waals surface area contributed by atoms with Gasteiger partial charge in [-0.15, -0.1) is 11.3 Å². The Labute approximate surface area is 136 Å². The molecule has 3 aromatic heterocycles. The van der Waals surface area contributed by atoms with Crippen LogP contribution in [0.1, 0.15) is 13.8 Å². The number of rotatable bonds is 5. The van der Waals surface area contributed by atoms with E-state index in [1.54, 1.807) is 37.4 Å². The van der Waals surface area contributed by atoms with Crippen molar-refractivity contribution in [2.75, 3.05) is 17.6 Å². The van der Waals surface area contributed by atoms with Gasteiger partial charge in [-0.1, -0.05) is 0 Å². The predicted molar refractivity (Wildman–Crippen MR) is 91.5 cm³/mol. The van der Waals surface area contributed by atoms with Crippen LogP contribution in [0.25, 0.3) is 20.8 Å². The molecule has 0 bridgehead atoms. The summed E-state index contributed by atoms with van der Waals surface area (Å²) in [6.45, 7) is 3.64. The van der Waals surface area contributed by atoms with Crippen LogP contribution >= 0.6 is 11.3 Å². The van der Waals surface area contributed by atoms with Crippen molar-refractivity contribution in [3.05, 3.63) is 24.4 Å². The number of aliphatic carboxylic acids is 1. The van der Waals surface area contributed by atoms with Gasteiger partial charge in [-0.25, -0.2) is 4.98 Å². The number of carbonyl (C=O) groups is 1. The molecule has 0 aromatic carbocycles. The minimum atomic E-state index is -0.881. The Kier molecular flexibility index (Phi) is 3.69. The summed E-state index contributed by atoms with van der Waals surface area (Å²) in [6, 6.07) is 5.56. The van der Waals surface area contributed by atoms with E-state index in [4.69, 9.17) is 5.73 Å². The van der Waals surface area contributed by atoms with Crippen molar-refractivity contribution in [1.82, 2.24) is 15.2 Å².